The van der Waals surface area contributed by atoms with E-state index < -0.39 is 22.5 Å². The molecule has 0 heterocycles. The van der Waals surface area contributed by atoms with E-state index >= 15 is 0 Å². The van der Waals surface area contributed by atoms with E-state index in [1.54, 1.807) is 36.4 Å². The molecule has 0 aliphatic rings. The molecule has 9 heteroatoms. The Kier molecular flexibility index (Phi) is 8.57. The molecule has 30 heavy (non-hydrogen) atoms. The van der Waals surface area contributed by atoms with Crippen LogP contribution in [0.2, 0.25) is 0 Å². The predicted molar refractivity (Wildman–Crippen MR) is 116 cm³/mol. The molecule has 2 amide bonds. The minimum Gasteiger partial charge on any atom is -0.425 e. The molecule has 0 aliphatic heterocycles. The zero-order valence-corrected chi connectivity index (χ0v) is 17.7. The molecular weight excluding hydrogens is 406 g/mol. The van der Waals surface area contributed by atoms with Gasteiger partial charge in [-0.2, -0.15) is 4.31 Å². The Hall–Kier alpha value is -3.17. The van der Waals surface area contributed by atoms with Gasteiger partial charge in [-0.1, -0.05) is 43.3 Å². The highest BCUT2D eigenvalue weighted by atomic mass is 32.2. The van der Waals surface area contributed by atoms with Gasteiger partial charge in [0, 0.05) is 30.8 Å². The highest BCUT2D eigenvalue weighted by molar-refractivity contribution is 7.92. The molecule has 0 fully saturated rings. The third-order valence-corrected chi connectivity index (χ3v) is 5.36. The van der Waals surface area contributed by atoms with Gasteiger partial charge in [-0.3, -0.25) is 4.79 Å². The van der Waals surface area contributed by atoms with Crippen molar-refractivity contribution in [3.63, 3.8) is 0 Å². The van der Waals surface area contributed by atoms with E-state index in [0.29, 0.717) is 12.2 Å². The number of urea groups is 1. The van der Waals surface area contributed by atoms with Crippen LogP contribution in [-0.4, -0.2) is 44.9 Å². The average Bonchev–Trinajstić information content (AvgIpc) is 2.71. The number of anilines is 1. The van der Waals surface area contributed by atoms with E-state index in [1.165, 1.54) is 25.3 Å². The molecule has 0 aliphatic carbocycles. The Labute approximate surface area is 176 Å². The van der Waals surface area contributed by atoms with Crippen molar-refractivity contribution in [3.05, 3.63) is 65.6 Å². The van der Waals surface area contributed by atoms with E-state index in [4.69, 9.17) is 4.74 Å². The van der Waals surface area contributed by atoms with Crippen molar-refractivity contribution in [2.45, 2.75) is 13.3 Å². The fraction of sp³-hybridized carbons (Fsp3) is 0.238. The van der Waals surface area contributed by atoms with Crippen LogP contribution in [0.5, 0.6) is 5.75 Å². The summed E-state index contributed by atoms with van der Waals surface area (Å²) in [7, 11) is -2.50. The molecule has 2 aromatic rings. The number of benzene rings is 2. The van der Waals surface area contributed by atoms with Crippen LogP contribution in [0.1, 0.15) is 18.9 Å². The van der Waals surface area contributed by atoms with Gasteiger partial charge in [0.15, 0.2) is 0 Å². The largest absolute Gasteiger partial charge is 0.425 e. The maximum atomic E-state index is 12.3. The van der Waals surface area contributed by atoms with Gasteiger partial charge in [0.05, 0.1) is 0 Å². The average molecular weight is 432 g/mol. The molecule has 0 unspecified atom stereocenters. The van der Waals surface area contributed by atoms with E-state index in [1.807, 2.05) is 13.0 Å². The number of nitrogens with zero attached hydrogens (tertiary/aromatic N) is 1. The van der Waals surface area contributed by atoms with Crippen LogP contribution in [0, 0.1) is 0 Å². The summed E-state index contributed by atoms with van der Waals surface area (Å²) < 4.78 is 30.8. The number of rotatable bonds is 9. The van der Waals surface area contributed by atoms with Crippen molar-refractivity contribution in [1.29, 1.82) is 0 Å². The number of ether oxygens (including phenoxy) is 1. The summed E-state index contributed by atoms with van der Waals surface area (Å²) in [6, 6.07) is 14.9. The molecule has 0 atom stereocenters. The lowest BCUT2D eigenvalue weighted by molar-refractivity contribution is -0.134. The predicted octanol–water partition coefficient (Wildman–Crippen LogP) is 3.06. The van der Waals surface area contributed by atoms with Gasteiger partial charge < -0.3 is 15.4 Å². The number of amides is 2. The Morgan fingerprint density at radius 2 is 1.83 bits per heavy atom. The van der Waals surface area contributed by atoms with Gasteiger partial charge in [0.2, 0.25) is 10.0 Å². The number of carbonyl (C=O) groups is 2. The number of hydrogen-bond acceptors (Lipinski definition) is 5. The minimum atomic E-state index is -3.79. The quantitative estimate of drug-likeness (QED) is 0.469. The second-order valence-electron chi connectivity index (χ2n) is 6.40. The molecule has 0 saturated heterocycles. The number of carbonyl (C=O) groups excluding carboxylic acids is 2. The third-order valence-electron chi connectivity index (χ3n) is 3.88. The second-order valence-corrected chi connectivity index (χ2v) is 8.32. The lowest BCUT2D eigenvalue weighted by Gasteiger charge is -2.14. The lowest BCUT2D eigenvalue weighted by Crippen LogP contribution is -2.33. The van der Waals surface area contributed by atoms with Gasteiger partial charge in [0.1, 0.15) is 12.3 Å². The normalized spacial score (nSPS) is 11.4. The minimum absolute atomic E-state index is 0.193. The maximum Gasteiger partial charge on any atom is 0.326 e. The third kappa shape index (κ3) is 7.69. The first-order valence-electron chi connectivity index (χ1n) is 9.35. The van der Waals surface area contributed by atoms with Crippen LogP contribution < -0.4 is 15.4 Å². The summed E-state index contributed by atoms with van der Waals surface area (Å²) >= 11 is 0. The van der Waals surface area contributed by atoms with E-state index in [9.17, 15) is 18.0 Å². The van der Waals surface area contributed by atoms with Crippen LogP contribution in [0.3, 0.4) is 0 Å². The van der Waals surface area contributed by atoms with Crippen LogP contribution >= 0.6 is 0 Å². The van der Waals surface area contributed by atoms with Crippen LogP contribution in [0.25, 0.3) is 6.08 Å². The summed E-state index contributed by atoms with van der Waals surface area (Å²) in [5.74, 6) is -0.555. The molecular formula is C21H25N3O5S. The zero-order chi connectivity index (χ0) is 22.0. The van der Waals surface area contributed by atoms with E-state index in [2.05, 4.69) is 10.6 Å². The Morgan fingerprint density at radius 3 is 2.53 bits per heavy atom. The van der Waals surface area contributed by atoms with Crippen molar-refractivity contribution in [2.75, 3.05) is 25.5 Å². The summed E-state index contributed by atoms with van der Waals surface area (Å²) in [6.07, 6.45) is 2.26. The second kappa shape index (κ2) is 11.1. The number of hydrogen-bond donors (Lipinski definition) is 2. The topological polar surface area (TPSA) is 105 Å². The molecule has 2 rings (SSSR count). The number of nitrogens with one attached hydrogen (secondary N) is 2. The van der Waals surface area contributed by atoms with Crippen LogP contribution in [-0.2, 0) is 14.8 Å². The van der Waals surface area contributed by atoms with Gasteiger partial charge in [-0.05, 0) is 30.2 Å². The fourth-order valence-electron chi connectivity index (χ4n) is 2.32. The van der Waals surface area contributed by atoms with Gasteiger partial charge in [0.25, 0.3) is 0 Å². The monoisotopic (exact) mass is 431 g/mol. The van der Waals surface area contributed by atoms with Gasteiger partial charge in [-0.15, -0.1) is 0 Å². The standard InChI is InChI=1S/C21H25N3O5S/c1-3-13-22-21(26)23-18-10-7-11-19(15-18)29-20(25)16-24(2)30(27,28)14-12-17-8-5-4-6-9-17/h4-12,14-15H,3,13,16H2,1-2H3,(H2,22,23,26)/b14-12+. The highest BCUT2D eigenvalue weighted by Crippen LogP contribution is 2.18. The zero-order valence-electron chi connectivity index (χ0n) is 16.9. The molecule has 0 spiro atoms. The smallest absolute Gasteiger partial charge is 0.326 e. The molecule has 0 bridgehead atoms. The van der Waals surface area contributed by atoms with Crippen molar-refractivity contribution < 1.29 is 22.7 Å². The van der Waals surface area contributed by atoms with Crippen molar-refractivity contribution in [3.8, 4) is 5.75 Å². The lowest BCUT2D eigenvalue weighted by atomic mass is 10.2. The molecule has 8 nitrogen and oxygen atoms in total. The number of likely N-dealkylation sites (N-methyl/N-ethyl adjacent to an activating group) is 1. The Morgan fingerprint density at radius 1 is 1.10 bits per heavy atom. The van der Waals surface area contributed by atoms with Gasteiger partial charge >= 0.3 is 12.0 Å². The summed E-state index contributed by atoms with van der Waals surface area (Å²) in [5, 5.41) is 6.34. The molecule has 2 aromatic carbocycles. The van der Waals surface area contributed by atoms with Crippen molar-refractivity contribution in [1.82, 2.24) is 9.62 Å². The Bertz CT molecular complexity index is 991. The van der Waals surface area contributed by atoms with Crippen LogP contribution in [0.15, 0.2) is 60.0 Å². The summed E-state index contributed by atoms with van der Waals surface area (Å²) in [4.78, 5) is 23.9. The summed E-state index contributed by atoms with van der Waals surface area (Å²) in [6.45, 7) is 2.02. The van der Waals surface area contributed by atoms with Crippen LogP contribution in [0.4, 0.5) is 10.5 Å². The first-order chi connectivity index (χ1) is 14.3. The first kappa shape index (κ1) is 23.1. The molecule has 0 saturated carbocycles. The van der Waals surface area contributed by atoms with E-state index in [0.717, 1.165) is 21.7 Å². The molecule has 160 valence electrons. The van der Waals surface area contributed by atoms with Gasteiger partial charge in [-0.25, -0.2) is 13.2 Å². The molecule has 0 aromatic heterocycles. The first-order valence-corrected chi connectivity index (χ1v) is 10.9. The SMILES string of the molecule is CCCNC(=O)Nc1cccc(OC(=O)CN(C)S(=O)(=O)/C=C/c2ccccc2)c1. The summed E-state index contributed by atoms with van der Waals surface area (Å²) in [5.41, 5.74) is 1.17. The van der Waals surface area contributed by atoms with Crippen molar-refractivity contribution >= 4 is 33.8 Å². The molecule has 0 radical (unpaired) electrons. The van der Waals surface area contributed by atoms with Crippen molar-refractivity contribution in [2.24, 2.45) is 0 Å². The number of esters is 1. The molecule has 2 N–H and O–H groups in total. The number of sulfonamides is 1. The Balaban J connectivity index is 1.93. The fourth-order valence-corrected chi connectivity index (χ4v) is 3.14. The highest BCUT2D eigenvalue weighted by Gasteiger charge is 2.19. The maximum absolute atomic E-state index is 12.3. The van der Waals surface area contributed by atoms with E-state index in [-0.39, 0.29) is 11.8 Å².